The van der Waals surface area contributed by atoms with Gasteiger partial charge in [0.2, 0.25) is 11.8 Å². The molecule has 3 N–H and O–H groups in total. The summed E-state index contributed by atoms with van der Waals surface area (Å²) in [4.78, 5) is 39.2. The number of hydrogen-bond donors (Lipinski definition) is 3. The number of nitrogens with one attached hydrogen (secondary N) is 3. The van der Waals surface area contributed by atoms with Crippen molar-refractivity contribution in [2.24, 2.45) is 0 Å². The molecular weight excluding hydrogens is 446 g/mol. The monoisotopic (exact) mass is 483 g/mol. The number of hydrogen-bond acceptors (Lipinski definition) is 6. The molecule has 0 heterocycles. The molecule has 0 aliphatic carbocycles. The van der Waals surface area contributed by atoms with Crippen LogP contribution in [0, 0.1) is 0 Å². The molecule has 2 aromatic carbocycles. The minimum atomic E-state index is -0.874. The number of ketones is 1. The molecule has 0 spiro atoms. The Balaban J connectivity index is 2.26. The number of likely N-dealkylation sites (N-methyl/N-ethyl adjacent to an activating group) is 1. The Labute approximate surface area is 207 Å². The standard InChI is InChI=1S/C27H37N3O5/c1-6-28-18(2)26(32)30-24(17-21-12-14-22(35-5)15-13-21)27(33)29-23(25(31)19(3)34-4)16-20-10-8-7-9-11-20/h7-15,18-19,23-24,28H,6,16-17H2,1-5H3,(H,29,33)(H,30,32). The topological polar surface area (TPSA) is 106 Å². The van der Waals surface area contributed by atoms with Gasteiger partial charge in [-0.25, -0.2) is 0 Å². The predicted molar refractivity (Wildman–Crippen MR) is 135 cm³/mol. The van der Waals surface area contributed by atoms with E-state index in [9.17, 15) is 14.4 Å². The van der Waals surface area contributed by atoms with E-state index < -0.39 is 30.1 Å². The molecule has 0 saturated heterocycles. The Bertz CT molecular complexity index is 949. The van der Waals surface area contributed by atoms with Crippen LogP contribution in [0.5, 0.6) is 5.75 Å². The van der Waals surface area contributed by atoms with Gasteiger partial charge < -0.3 is 25.4 Å². The number of Topliss-reactive ketones (excluding diaryl/α,β-unsaturated/α-hetero) is 1. The van der Waals surface area contributed by atoms with Gasteiger partial charge in [0.1, 0.15) is 17.9 Å². The van der Waals surface area contributed by atoms with Gasteiger partial charge in [-0.3, -0.25) is 14.4 Å². The van der Waals surface area contributed by atoms with Crippen LogP contribution in [-0.4, -0.2) is 62.6 Å². The molecule has 4 atom stereocenters. The van der Waals surface area contributed by atoms with Gasteiger partial charge >= 0.3 is 0 Å². The van der Waals surface area contributed by atoms with Crippen molar-refractivity contribution in [3.05, 3.63) is 65.7 Å². The molecule has 8 heteroatoms. The van der Waals surface area contributed by atoms with Crippen molar-refractivity contribution in [3.8, 4) is 5.75 Å². The lowest BCUT2D eigenvalue weighted by atomic mass is 9.98. The zero-order valence-corrected chi connectivity index (χ0v) is 21.2. The first-order chi connectivity index (χ1) is 16.8. The number of benzene rings is 2. The fourth-order valence-electron chi connectivity index (χ4n) is 3.65. The van der Waals surface area contributed by atoms with Gasteiger partial charge in [0, 0.05) is 13.5 Å². The second-order valence-corrected chi connectivity index (χ2v) is 8.42. The predicted octanol–water partition coefficient (Wildman–Crippen LogP) is 2.05. The van der Waals surface area contributed by atoms with E-state index in [4.69, 9.17) is 9.47 Å². The molecule has 2 rings (SSSR count). The zero-order chi connectivity index (χ0) is 25.8. The minimum absolute atomic E-state index is 0.236. The van der Waals surface area contributed by atoms with Crippen LogP contribution in [0.2, 0.25) is 0 Å². The van der Waals surface area contributed by atoms with Crippen molar-refractivity contribution in [1.29, 1.82) is 0 Å². The van der Waals surface area contributed by atoms with E-state index in [2.05, 4.69) is 16.0 Å². The maximum atomic E-state index is 13.4. The third kappa shape index (κ3) is 8.81. The lowest BCUT2D eigenvalue weighted by molar-refractivity contribution is -0.135. The Hall–Kier alpha value is -3.23. The van der Waals surface area contributed by atoms with Gasteiger partial charge in [-0.1, -0.05) is 49.4 Å². The number of carbonyl (C=O) groups excluding carboxylic acids is 3. The van der Waals surface area contributed by atoms with E-state index >= 15 is 0 Å². The molecule has 0 aliphatic rings. The molecule has 0 bridgehead atoms. The highest BCUT2D eigenvalue weighted by atomic mass is 16.5. The SMILES string of the molecule is CCNC(C)C(=O)NC(Cc1ccc(OC)cc1)C(=O)NC(Cc1ccccc1)C(=O)C(C)OC. The second-order valence-electron chi connectivity index (χ2n) is 8.42. The summed E-state index contributed by atoms with van der Waals surface area (Å²) in [5.41, 5.74) is 1.75. The Morgan fingerprint density at radius 2 is 1.37 bits per heavy atom. The zero-order valence-electron chi connectivity index (χ0n) is 21.2. The van der Waals surface area contributed by atoms with Crippen LogP contribution in [-0.2, 0) is 32.0 Å². The van der Waals surface area contributed by atoms with E-state index in [0.717, 1.165) is 11.1 Å². The molecule has 4 unspecified atom stereocenters. The lowest BCUT2D eigenvalue weighted by Crippen LogP contribution is -2.56. The van der Waals surface area contributed by atoms with Crippen molar-refractivity contribution in [1.82, 2.24) is 16.0 Å². The Morgan fingerprint density at radius 1 is 0.800 bits per heavy atom. The molecule has 0 fully saturated rings. The van der Waals surface area contributed by atoms with Gasteiger partial charge in [0.05, 0.1) is 19.2 Å². The number of ether oxygens (including phenoxy) is 2. The molecule has 35 heavy (non-hydrogen) atoms. The van der Waals surface area contributed by atoms with Crippen LogP contribution < -0.4 is 20.7 Å². The minimum Gasteiger partial charge on any atom is -0.497 e. The van der Waals surface area contributed by atoms with Crippen molar-refractivity contribution < 1.29 is 23.9 Å². The molecule has 8 nitrogen and oxygen atoms in total. The normalized spacial score (nSPS) is 14.3. The quantitative estimate of drug-likeness (QED) is 0.380. The summed E-state index contributed by atoms with van der Waals surface area (Å²) < 4.78 is 10.4. The molecule has 0 saturated carbocycles. The third-order valence-corrected chi connectivity index (χ3v) is 5.83. The maximum Gasteiger partial charge on any atom is 0.243 e. The Kier molecular flexibility index (Phi) is 11.4. The van der Waals surface area contributed by atoms with Crippen LogP contribution in [0.15, 0.2) is 54.6 Å². The number of amides is 2. The first-order valence-corrected chi connectivity index (χ1v) is 11.9. The Morgan fingerprint density at radius 3 is 1.94 bits per heavy atom. The summed E-state index contributed by atoms with van der Waals surface area (Å²) >= 11 is 0. The van der Waals surface area contributed by atoms with Crippen LogP contribution in [0.1, 0.15) is 31.9 Å². The van der Waals surface area contributed by atoms with Crippen LogP contribution >= 0.6 is 0 Å². The van der Waals surface area contributed by atoms with E-state index in [1.54, 1.807) is 33.1 Å². The molecule has 0 aliphatic heterocycles. The molecular formula is C27H37N3O5. The fourth-order valence-corrected chi connectivity index (χ4v) is 3.65. The smallest absolute Gasteiger partial charge is 0.243 e. The highest BCUT2D eigenvalue weighted by Gasteiger charge is 2.30. The summed E-state index contributed by atoms with van der Waals surface area (Å²) in [5, 5.41) is 8.77. The van der Waals surface area contributed by atoms with E-state index in [0.29, 0.717) is 18.7 Å². The highest BCUT2D eigenvalue weighted by molar-refractivity contribution is 5.95. The van der Waals surface area contributed by atoms with Crippen LogP contribution in [0.25, 0.3) is 0 Å². The largest absolute Gasteiger partial charge is 0.497 e. The number of carbonyl (C=O) groups is 3. The molecule has 190 valence electrons. The van der Waals surface area contributed by atoms with Crippen LogP contribution in [0.4, 0.5) is 0 Å². The van der Waals surface area contributed by atoms with Gasteiger partial charge in [0.25, 0.3) is 0 Å². The summed E-state index contributed by atoms with van der Waals surface area (Å²) in [5.74, 6) is -0.269. The summed E-state index contributed by atoms with van der Waals surface area (Å²) in [7, 11) is 3.04. The summed E-state index contributed by atoms with van der Waals surface area (Å²) in [6.07, 6.45) is -0.116. The molecule has 0 aromatic heterocycles. The number of methoxy groups -OCH3 is 2. The van der Waals surface area contributed by atoms with E-state index in [-0.39, 0.29) is 18.1 Å². The first kappa shape index (κ1) is 28.0. The van der Waals surface area contributed by atoms with Crippen molar-refractivity contribution in [2.75, 3.05) is 20.8 Å². The van der Waals surface area contributed by atoms with Crippen molar-refractivity contribution in [3.63, 3.8) is 0 Å². The average molecular weight is 484 g/mol. The van der Waals surface area contributed by atoms with Crippen LogP contribution in [0.3, 0.4) is 0 Å². The van der Waals surface area contributed by atoms with Crippen molar-refractivity contribution in [2.45, 2.75) is 57.8 Å². The molecule has 2 aromatic rings. The number of rotatable bonds is 14. The molecule has 0 radical (unpaired) electrons. The van der Waals surface area contributed by atoms with E-state index in [1.165, 1.54) is 7.11 Å². The first-order valence-electron chi connectivity index (χ1n) is 11.9. The second kappa shape index (κ2) is 14.2. The summed E-state index contributed by atoms with van der Waals surface area (Å²) in [6, 6.07) is 14.6. The van der Waals surface area contributed by atoms with Gasteiger partial charge in [-0.05, 0) is 50.1 Å². The molecule has 2 amide bonds. The van der Waals surface area contributed by atoms with Gasteiger partial charge in [-0.2, -0.15) is 0 Å². The van der Waals surface area contributed by atoms with Crippen molar-refractivity contribution >= 4 is 17.6 Å². The van der Waals surface area contributed by atoms with Gasteiger partial charge in [-0.15, -0.1) is 0 Å². The lowest BCUT2D eigenvalue weighted by Gasteiger charge is -2.25. The highest BCUT2D eigenvalue weighted by Crippen LogP contribution is 2.14. The van der Waals surface area contributed by atoms with E-state index in [1.807, 2.05) is 49.4 Å². The average Bonchev–Trinajstić information content (AvgIpc) is 2.88. The third-order valence-electron chi connectivity index (χ3n) is 5.83. The fraction of sp³-hybridized carbons (Fsp3) is 0.444. The van der Waals surface area contributed by atoms with Gasteiger partial charge in [0.15, 0.2) is 5.78 Å². The maximum absolute atomic E-state index is 13.4. The summed E-state index contributed by atoms with van der Waals surface area (Å²) in [6.45, 7) is 5.92.